The predicted molar refractivity (Wildman–Crippen MR) is 111 cm³/mol. The first kappa shape index (κ1) is 22.7. The number of ether oxygens (including phenoxy) is 2. The second kappa shape index (κ2) is 10.4. The Morgan fingerprint density at radius 2 is 1.81 bits per heavy atom. The maximum absolute atomic E-state index is 12.7. The van der Waals surface area contributed by atoms with E-state index in [1.54, 1.807) is 11.0 Å². The normalized spacial score (nSPS) is 15.3. The summed E-state index contributed by atoms with van der Waals surface area (Å²) in [5.41, 5.74) is 1.57. The van der Waals surface area contributed by atoms with Crippen molar-refractivity contribution < 1.29 is 27.4 Å². The Morgan fingerprint density at radius 3 is 2.52 bits per heavy atom. The minimum atomic E-state index is -4.47. The minimum Gasteiger partial charge on any atom is -0.493 e. The molecule has 6 nitrogen and oxygen atoms in total. The molecule has 1 aliphatic rings. The zero-order chi connectivity index (χ0) is 22.3. The first-order valence-corrected chi connectivity index (χ1v) is 10.0. The fraction of sp³-hybridized carbons (Fsp3) is 0.409. The van der Waals surface area contributed by atoms with Crippen molar-refractivity contribution in [3.05, 3.63) is 54.1 Å². The molecule has 168 valence electrons. The van der Waals surface area contributed by atoms with Crippen LogP contribution in [0.1, 0.15) is 12.0 Å². The molecule has 0 atom stereocenters. The Kier molecular flexibility index (Phi) is 7.62. The number of hydrogen-bond acceptors (Lipinski definition) is 4. The first-order chi connectivity index (χ1) is 14.8. The Balaban J connectivity index is 1.58. The summed E-state index contributed by atoms with van der Waals surface area (Å²) in [5, 5.41) is 2.74. The fourth-order valence-corrected chi connectivity index (χ4v) is 3.40. The lowest BCUT2D eigenvalue weighted by Crippen LogP contribution is -2.38. The van der Waals surface area contributed by atoms with Crippen LogP contribution in [0.4, 0.5) is 23.7 Å². The molecule has 0 spiro atoms. The maximum Gasteiger partial charge on any atom is 0.422 e. The number of amides is 2. The quantitative estimate of drug-likeness (QED) is 0.729. The highest BCUT2D eigenvalue weighted by molar-refractivity contribution is 5.89. The van der Waals surface area contributed by atoms with Gasteiger partial charge in [-0.05, 0) is 24.1 Å². The Labute approximate surface area is 179 Å². The maximum atomic E-state index is 12.7. The van der Waals surface area contributed by atoms with Crippen LogP contribution in [0.2, 0.25) is 0 Å². The second-order valence-electron chi connectivity index (χ2n) is 7.30. The van der Waals surface area contributed by atoms with E-state index in [-0.39, 0.29) is 17.5 Å². The summed E-state index contributed by atoms with van der Waals surface area (Å²) in [4.78, 5) is 16.7. The van der Waals surface area contributed by atoms with Gasteiger partial charge in [0.15, 0.2) is 18.1 Å². The van der Waals surface area contributed by atoms with Gasteiger partial charge in [-0.25, -0.2) is 4.79 Å². The van der Waals surface area contributed by atoms with E-state index in [2.05, 4.69) is 22.3 Å². The van der Waals surface area contributed by atoms with E-state index in [9.17, 15) is 18.0 Å². The SMILES string of the molecule is COc1ccc(NC(=O)N2CCCN(Cc3ccccc3)CC2)cc1OCC(F)(F)F. The van der Waals surface area contributed by atoms with Crippen molar-refractivity contribution in [2.24, 2.45) is 0 Å². The summed E-state index contributed by atoms with van der Waals surface area (Å²) >= 11 is 0. The van der Waals surface area contributed by atoms with Crippen LogP contribution in [0.5, 0.6) is 11.5 Å². The zero-order valence-corrected chi connectivity index (χ0v) is 17.3. The molecule has 0 radical (unpaired) electrons. The monoisotopic (exact) mass is 437 g/mol. The highest BCUT2D eigenvalue weighted by Gasteiger charge is 2.29. The zero-order valence-electron chi connectivity index (χ0n) is 17.3. The number of halogens is 3. The molecule has 2 amide bonds. The van der Waals surface area contributed by atoms with Gasteiger partial charge in [0.1, 0.15) is 0 Å². The molecule has 1 fully saturated rings. The molecule has 0 aromatic heterocycles. The lowest BCUT2D eigenvalue weighted by Gasteiger charge is -2.22. The van der Waals surface area contributed by atoms with Gasteiger partial charge in [-0.15, -0.1) is 0 Å². The van der Waals surface area contributed by atoms with Crippen molar-refractivity contribution in [2.75, 3.05) is 45.2 Å². The van der Waals surface area contributed by atoms with Crippen molar-refractivity contribution in [3.63, 3.8) is 0 Å². The first-order valence-electron chi connectivity index (χ1n) is 10.0. The van der Waals surface area contributed by atoms with Crippen LogP contribution in [-0.2, 0) is 6.54 Å². The molecular weight excluding hydrogens is 411 g/mol. The number of benzene rings is 2. The summed E-state index contributed by atoms with van der Waals surface area (Å²) in [7, 11) is 1.34. The smallest absolute Gasteiger partial charge is 0.422 e. The van der Waals surface area contributed by atoms with Crippen LogP contribution in [0.15, 0.2) is 48.5 Å². The predicted octanol–water partition coefficient (Wildman–Crippen LogP) is 4.38. The van der Waals surface area contributed by atoms with E-state index in [0.717, 1.165) is 26.1 Å². The van der Waals surface area contributed by atoms with Gasteiger partial charge in [-0.2, -0.15) is 13.2 Å². The number of alkyl halides is 3. The average molecular weight is 437 g/mol. The molecule has 3 rings (SSSR count). The molecule has 0 saturated carbocycles. The molecule has 31 heavy (non-hydrogen) atoms. The van der Waals surface area contributed by atoms with Crippen molar-refractivity contribution in [3.8, 4) is 11.5 Å². The topological polar surface area (TPSA) is 54.0 Å². The molecule has 1 heterocycles. The molecule has 0 unspecified atom stereocenters. The Hall–Kier alpha value is -2.94. The number of rotatable bonds is 6. The van der Waals surface area contributed by atoms with E-state index in [1.807, 2.05) is 18.2 Å². The number of nitrogens with one attached hydrogen (secondary N) is 1. The van der Waals surface area contributed by atoms with Crippen molar-refractivity contribution in [1.82, 2.24) is 9.80 Å². The van der Waals surface area contributed by atoms with Crippen molar-refractivity contribution in [2.45, 2.75) is 19.1 Å². The largest absolute Gasteiger partial charge is 0.493 e. The fourth-order valence-electron chi connectivity index (χ4n) is 3.40. The molecule has 1 aliphatic heterocycles. The van der Waals surface area contributed by atoms with Gasteiger partial charge in [-0.1, -0.05) is 30.3 Å². The number of anilines is 1. The number of methoxy groups -OCH3 is 1. The van der Waals surface area contributed by atoms with Crippen LogP contribution in [0, 0.1) is 0 Å². The van der Waals surface area contributed by atoms with Gasteiger partial charge in [0.05, 0.1) is 7.11 Å². The summed E-state index contributed by atoms with van der Waals surface area (Å²) in [6.07, 6.45) is -3.63. The van der Waals surface area contributed by atoms with Crippen molar-refractivity contribution >= 4 is 11.7 Å². The van der Waals surface area contributed by atoms with E-state index >= 15 is 0 Å². The van der Waals surface area contributed by atoms with E-state index in [4.69, 9.17) is 9.47 Å². The molecule has 1 N–H and O–H groups in total. The van der Waals surface area contributed by atoms with Crippen LogP contribution < -0.4 is 14.8 Å². The van der Waals surface area contributed by atoms with Crippen LogP contribution >= 0.6 is 0 Å². The molecule has 2 aromatic rings. The number of carbonyl (C=O) groups is 1. The number of carbonyl (C=O) groups excluding carboxylic acids is 1. The van der Waals surface area contributed by atoms with Gasteiger partial charge >= 0.3 is 12.2 Å². The van der Waals surface area contributed by atoms with E-state index in [1.165, 1.54) is 24.8 Å². The average Bonchev–Trinajstić information content (AvgIpc) is 2.98. The number of urea groups is 1. The van der Waals surface area contributed by atoms with Gasteiger partial charge < -0.3 is 19.7 Å². The molecule has 9 heteroatoms. The van der Waals surface area contributed by atoms with Crippen LogP contribution in [0.25, 0.3) is 0 Å². The Bertz CT molecular complexity index is 862. The lowest BCUT2D eigenvalue weighted by atomic mass is 10.2. The Morgan fingerprint density at radius 1 is 1.03 bits per heavy atom. The second-order valence-corrected chi connectivity index (χ2v) is 7.30. The molecule has 1 saturated heterocycles. The third-order valence-corrected chi connectivity index (χ3v) is 4.93. The summed E-state index contributed by atoms with van der Waals surface area (Å²) in [6.45, 7) is 2.18. The molecule has 2 aromatic carbocycles. The highest BCUT2D eigenvalue weighted by atomic mass is 19.4. The van der Waals surface area contributed by atoms with Gasteiger partial charge in [0.25, 0.3) is 0 Å². The third-order valence-electron chi connectivity index (χ3n) is 4.93. The minimum absolute atomic E-state index is 0.0810. The van der Waals surface area contributed by atoms with Gasteiger partial charge in [0.2, 0.25) is 0 Å². The lowest BCUT2D eigenvalue weighted by molar-refractivity contribution is -0.153. The van der Waals surface area contributed by atoms with E-state index < -0.39 is 12.8 Å². The molecular formula is C22H26F3N3O3. The van der Waals surface area contributed by atoms with E-state index in [0.29, 0.717) is 18.8 Å². The standard InChI is InChI=1S/C22H26F3N3O3/c1-30-19-9-8-18(14-20(19)31-16-22(23,24)25)26-21(29)28-11-5-10-27(12-13-28)15-17-6-3-2-4-7-17/h2-4,6-9,14H,5,10-13,15-16H2,1H3,(H,26,29). The third kappa shape index (κ3) is 7.06. The summed E-state index contributed by atoms with van der Waals surface area (Å²) < 4.78 is 47.3. The van der Waals surface area contributed by atoms with Crippen LogP contribution in [-0.4, -0.2) is 61.9 Å². The molecule has 0 bridgehead atoms. The van der Waals surface area contributed by atoms with Gasteiger partial charge in [-0.3, -0.25) is 4.90 Å². The summed E-state index contributed by atoms with van der Waals surface area (Å²) in [6, 6.07) is 14.2. The molecule has 0 aliphatic carbocycles. The van der Waals surface area contributed by atoms with Gasteiger partial charge in [0, 0.05) is 44.5 Å². The summed E-state index contributed by atoms with van der Waals surface area (Å²) in [5.74, 6) is 0.0797. The van der Waals surface area contributed by atoms with Crippen LogP contribution in [0.3, 0.4) is 0 Å². The number of nitrogens with zero attached hydrogens (tertiary/aromatic N) is 2. The van der Waals surface area contributed by atoms with Crippen molar-refractivity contribution in [1.29, 1.82) is 0 Å². The number of hydrogen-bond donors (Lipinski definition) is 1. The highest BCUT2D eigenvalue weighted by Crippen LogP contribution is 2.31.